The van der Waals surface area contributed by atoms with E-state index < -0.39 is 0 Å². The zero-order valence-corrected chi connectivity index (χ0v) is 20.2. The summed E-state index contributed by atoms with van der Waals surface area (Å²) in [7, 11) is 0. The van der Waals surface area contributed by atoms with Crippen molar-refractivity contribution in [3.8, 4) is 17.2 Å². The zero-order valence-electron chi connectivity index (χ0n) is 20.2. The predicted molar refractivity (Wildman–Crippen MR) is 144 cm³/mol. The lowest BCUT2D eigenvalue weighted by Crippen LogP contribution is -2.23. The van der Waals surface area contributed by atoms with Crippen LogP contribution < -0.4 is 24.8 Å². The van der Waals surface area contributed by atoms with Crippen LogP contribution in [0.1, 0.15) is 13.8 Å². The molecule has 4 rings (SSSR count). The summed E-state index contributed by atoms with van der Waals surface area (Å²) in [4.78, 5) is 4.72. The first-order valence-electron chi connectivity index (χ1n) is 11.9. The van der Waals surface area contributed by atoms with Gasteiger partial charge in [-0.25, -0.2) is 4.99 Å². The smallest absolute Gasteiger partial charge is 0.200 e. The highest BCUT2D eigenvalue weighted by Gasteiger charge is 2.04. The Morgan fingerprint density at radius 1 is 0.629 bits per heavy atom. The van der Waals surface area contributed by atoms with E-state index >= 15 is 0 Å². The Labute approximate surface area is 206 Å². The number of ether oxygens (including phenoxy) is 3. The van der Waals surface area contributed by atoms with Gasteiger partial charge in [-0.1, -0.05) is 30.3 Å². The van der Waals surface area contributed by atoms with E-state index in [0.29, 0.717) is 32.3 Å². The molecule has 6 heteroatoms. The molecule has 0 amide bonds. The van der Waals surface area contributed by atoms with Crippen molar-refractivity contribution < 1.29 is 14.2 Å². The maximum atomic E-state index is 5.95. The molecule has 4 aromatic rings. The van der Waals surface area contributed by atoms with E-state index in [1.54, 1.807) is 0 Å². The first-order chi connectivity index (χ1) is 17.2. The molecule has 0 radical (unpaired) electrons. The van der Waals surface area contributed by atoms with Crippen LogP contribution >= 0.6 is 0 Å². The van der Waals surface area contributed by atoms with Crippen molar-refractivity contribution in [3.05, 3.63) is 91.0 Å². The van der Waals surface area contributed by atoms with Gasteiger partial charge in [-0.2, -0.15) is 0 Å². The molecule has 180 valence electrons. The van der Waals surface area contributed by atoms with Crippen LogP contribution in [-0.4, -0.2) is 32.3 Å². The highest BCUT2D eigenvalue weighted by molar-refractivity contribution is 6.03. The first kappa shape index (κ1) is 24.0. The average Bonchev–Trinajstić information content (AvgIpc) is 2.89. The van der Waals surface area contributed by atoms with E-state index in [1.807, 2.05) is 80.6 Å². The molecule has 4 aromatic carbocycles. The van der Waals surface area contributed by atoms with Crippen molar-refractivity contribution in [1.82, 2.24) is 0 Å². The van der Waals surface area contributed by atoms with Crippen LogP contribution in [0.2, 0.25) is 0 Å². The van der Waals surface area contributed by atoms with Crippen LogP contribution in [0, 0.1) is 0 Å². The second-order valence-electron chi connectivity index (χ2n) is 7.75. The van der Waals surface area contributed by atoms with Crippen molar-refractivity contribution in [2.75, 3.05) is 37.0 Å². The van der Waals surface area contributed by atoms with Gasteiger partial charge in [0.1, 0.15) is 23.9 Å². The minimum absolute atomic E-state index is 0.456. The molecule has 0 spiro atoms. The minimum Gasteiger partial charge on any atom is -0.494 e. The fourth-order valence-corrected chi connectivity index (χ4v) is 3.56. The van der Waals surface area contributed by atoms with Gasteiger partial charge in [-0.15, -0.1) is 0 Å². The number of hydrogen-bond acceptors (Lipinski definition) is 4. The number of aliphatic imine (C=N–C) groups is 1. The van der Waals surface area contributed by atoms with Crippen molar-refractivity contribution in [2.45, 2.75) is 13.8 Å². The number of fused-ring (bicyclic) bond motifs is 1. The van der Waals surface area contributed by atoms with Crippen LogP contribution in [-0.2, 0) is 0 Å². The molecular weight excluding hydrogens is 438 g/mol. The monoisotopic (exact) mass is 469 g/mol. The van der Waals surface area contributed by atoms with Crippen LogP contribution in [0.25, 0.3) is 10.8 Å². The first-order valence-corrected chi connectivity index (χ1v) is 11.9. The van der Waals surface area contributed by atoms with Gasteiger partial charge >= 0.3 is 0 Å². The van der Waals surface area contributed by atoms with Crippen LogP contribution in [0.4, 0.5) is 11.4 Å². The third kappa shape index (κ3) is 7.14. The maximum Gasteiger partial charge on any atom is 0.200 e. The number of hydrogen-bond donors (Lipinski definition) is 2. The standard InChI is InChI=1S/C29H31N3O3/c1-3-33-26-15-10-24(11-16-26)31-29(32-25-12-17-27(18-13-25)34-4-2)30-19-20-35-28-14-9-22-7-5-6-8-23(22)21-28/h5-18,21H,3-4,19-20H2,1-2H3,(H2,30,31,32). The molecule has 0 aliphatic rings. The second kappa shape index (κ2) is 12.3. The number of benzene rings is 4. The number of nitrogens with one attached hydrogen (secondary N) is 2. The van der Waals surface area contributed by atoms with Crippen LogP contribution in [0.15, 0.2) is 96.0 Å². The average molecular weight is 470 g/mol. The molecule has 0 atom stereocenters. The van der Waals surface area contributed by atoms with Gasteiger partial charge in [0.05, 0.1) is 19.8 Å². The van der Waals surface area contributed by atoms with Gasteiger partial charge in [0.15, 0.2) is 5.96 Å². The van der Waals surface area contributed by atoms with Crippen molar-refractivity contribution in [2.24, 2.45) is 4.99 Å². The summed E-state index contributed by atoms with van der Waals surface area (Å²) in [6.07, 6.45) is 0. The SMILES string of the molecule is CCOc1ccc(NC(=NCCOc2ccc3ccccc3c2)Nc2ccc(OCC)cc2)cc1. The maximum absolute atomic E-state index is 5.95. The van der Waals surface area contributed by atoms with Crippen molar-refractivity contribution in [3.63, 3.8) is 0 Å². The summed E-state index contributed by atoms with van der Waals surface area (Å²) in [5.74, 6) is 3.12. The highest BCUT2D eigenvalue weighted by Crippen LogP contribution is 2.21. The third-order valence-electron chi connectivity index (χ3n) is 5.21. The Kier molecular flexibility index (Phi) is 8.43. The molecule has 6 nitrogen and oxygen atoms in total. The summed E-state index contributed by atoms with van der Waals surface area (Å²) in [6, 6.07) is 29.9. The van der Waals surface area contributed by atoms with Gasteiger partial charge < -0.3 is 24.8 Å². The second-order valence-corrected chi connectivity index (χ2v) is 7.75. The van der Waals surface area contributed by atoms with E-state index in [9.17, 15) is 0 Å². The molecule has 35 heavy (non-hydrogen) atoms. The Bertz CT molecular complexity index is 1180. The Morgan fingerprint density at radius 3 is 1.74 bits per heavy atom. The molecule has 0 saturated heterocycles. The number of nitrogens with zero attached hydrogens (tertiary/aromatic N) is 1. The fourth-order valence-electron chi connectivity index (χ4n) is 3.56. The van der Waals surface area contributed by atoms with Gasteiger partial charge in [0.25, 0.3) is 0 Å². The molecule has 0 aromatic heterocycles. The summed E-state index contributed by atoms with van der Waals surface area (Å²) in [5.41, 5.74) is 1.81. The quantitative estimate of drug-likeness (QED) is 0.156. The van der Waals surface area contributed by atoms with E-state index in [4.69, 9.17) is 19.2 Å². The molecule has 0 heterocycles. The van der Waals surface area contributed by atoms with E-state index in [0.717, 1.165) is 34.0 Å². The van der Waals surface area contributed by atoms with Gasteiger partial charge in [-0.05, 0) is 85.3 Å². The zero-order chi connectivity index (χ0) is 24.3. The van der Waals surface area contributed by atoms with Gasteiger partial charge in [0.2, 0.25) is 0 Å². The normalized spacial score (nSPS) is 10.5. The predicted octanol–water partition coefficient (Wildman–Crippen LogP) is 6.60. The van der Waals surface area contributed by atoms with Crippen molar-refractivity contribution >= 4 is 28.1 Å². The topological polar surface area (TPSA) is 64.1 Å². The molecule has 0 bridgehead atoms. The molecule has 0 fully saturated rings. The Morgan fingerprint density at radius 2 is 1.17 bits per heavy atom. The van der Waals surface area contributed by atoms with Gasteiger partial charge in [-0.3, -0.25) is 0 Å². The lowest BCUT2D eigenvalue weighted by Gasteiger charge is -2.14. The fraction of sp³-hybridized carbons (Fsp3) is 0.207. The summed E-state index contributed by atoms with van der Waals surface area (Å²) < 4.78 is 17.0. The molecule has 0 saturated carbocycles. The van der Waals surface area contributed by atoms with Crippen molar-refractivity contribution in [1.29, 1.82) is 0 Å². The van der Waals surface area contributed by atoms with E-state index in [2.05, 4.69) is 34.9 Å². The van der Waals surface area contributed by atoms with Crippen LogP contribution in [0.5, 0.6) is 17.2 Å². The Balaban J connectivity index is 1.42. The third-order valence-corrected chi connectivity index (χ3v) is 5.21. The Hall–Kier alpha value is -4.19. The molecule has 0 aliphatic heterocycles. The molecular formula is C29H31N3O3. The summed E-state index contributed by atoms with van der Waals surface area (Å²) in [6.45, 7) is 6.15. The summed E-state index contributed by atoms with van der Waals surface area (Å²) in [5, 5.41) is 9.06. The largest absolute Gasteiger partial charge is 0.494 e. The lowest BCUT2D eigenvalue weighted by atomic mass is 10.1. The van der Waals surface area contributed by atoms with Crippen LogP contribution in [0.3, 0.4) is 0 Å². The molecule has 2 N–H and O–H groups in total. The molecule has 0 aliphatic carbocycles. The number of rotatable bonds is 10. The number of anilines is 2. The highest BCUT2D eigenvalue weighted by atomic mass is 16.5. The van der Waals surface area contributed by atoms with E-state index in [1.165, 1.54) is 5.39 Å². The van der Waals surface area contributed by atoms with E-state index in [-0.39, 0.29) is 0 Å². The lowest BCUT2D eigenvalue weighted by molar-refractivity contribution is 0.329. The van der Waals surface area contributed by atoms with Gasteiger partial charge in [0, 0.05) is 11.4 Å². The number of guanidine groups is 1. The summed E-state index contributed by atoms with van der Waals surface area (Å²) >= 11 is 0. The minimum atomic E-state index is 0.456. The molecule has 0 unspecified atom stereocenters.